The van der Waals surface area contributed by atoms with Gasteiger partial charge in [-0.1, -0.05) is 13.8 Å². The van der Waals surface area contributed by atoms with Crippen LogP contribution in [0.25, 0.3) is 0 Å². The van der Waals surface area contributed by atoms with Gasteiger partial charge in [-0.3, -0.25) is 4.98 Å². The van der Waals surface area contributed by atoms with E-state index >= 15 is 0 Å². The summed E-state index contributed by atoms with van der Waals surface area (Å²) in [7, 11) is 0. The SMILES string of the molecule is CC(C)C(N)c1cc(CO)ccn1. The Labute approximate surface area is 78.6 Å². The van der Waals surface area contributed by atoms with Gasteiger partial charge < -0.3 is 10.8 Å². The summed E-state index contributed by atoms with van der Waals surface area (Å²) < 4.78 is 0. The molecule has 0 fully saturated rings. The molecule has 1 atom stereocenters. The monoisotopic (exact) mass is 180 g/mol. The first-order valence-corrected chi connectivity index (χ1v) is 4.46. The van der Waals surface area contributed by atoms with Gasteiger partial charge >= 0.3 is 0 Å². The van der Waals surface area contributed by atoms with Crippen molar-refractivity contribution < 1.29 is 5.11 Å². The van der Waals surface area contributed by atoms with Crippen LogP contribution in [0.5, 0.6) is 0 Å². The summed E-state index contributed by atoms with van der Waals surface area (Å²) in [5.41, 5.74) is 7.63. The zero-order valence-electron chi connectivity index (χ0n) is 8.07. The number of nitrogens with two attached hydrogens (primary N) is 1. The van der Waals surface area contributed by atoms with Crippen molar-refractivity contribution in [2.75, 3.05) is 0 Å². The molecule has 0 aliphatic heterocycles. The molecule has 1 heterocycles. The average molecular weight is 180 g/mol. The summed E-state index contributed by atoms with van der Waals surface area (Å²) >= 11 is 0. The van der Waals surface area contributed by atoms with Crippen molar-refractivity contribution in [3.63, 3.8) is 0 Å². The number of aromatic nitrogens is 1. The Hall–Kier alpha value is -0.930. The van der Waals surface area contributed by atoms with E-state index in [2.05, 4.69) is 18.8 Å². The van der Waals surface area contributed by atoms with E-state index < -0.39 is 0 Å². The molecule has 72 valence electrons. The number of aliphatic hydroxyl groups excluding tert-OH is 1. The molecule has 0 saturated carbocycles. The van der Waals surface area contributed by atoms with Crippen molar-refractivity contribution in [1.82, 2.24) is 4.98 Å². The minimum absolute atomic E-state index is 0.0420. The van der Waals surface area contributed by atoms with Gasteiger partial charge in [0.15, 0.2) is 0 Å². The smallest absolute Gasteiger partial charge is 0.0683 e. The van der Waals surface area contributed by atoms with E-state index in [0.29, 0.717) is 5.92 Å². The molecule has 0 amide bonds. The highest BCUT2D eigenvalue weighted by atomic mass is 16.3. The Kier molecular flexibility index (Phi) is 3.39. The molecule has 3 nitrogen and oxygen atoms in total. The standard InChI is InChI=1S/C10H16N2O/c1-7(2)10(11)9-5-8(6-13)3-4-12-9/h3-5,7,10,13H,6,11H2,1-2H3. The molecule has 1 aromatic heterocycles. The second-order valence-electron chi connectivity index (χ2n) is 3.52. The molecule has 0 spiro atoms. The molecule has 13 heavy (non-hydrogen) atoms. The lowest BCUT2D eigenvalue weighted by Crippen LogP contribution is -2.18. The number of hydrogen-bond donors (Lipinski definition) is 2. The molecular formula is C10H16N2O. The molecule has 0 aromatic carbocycles. The van der Waals surface area contributed by atoms with Crippen LogP contribution in [0.1, 0.15) is 31.1 Å². The molecular weight excluding hydrogens is 164 g/mol. The third-order valence-corrected chi connectivity index (χ3v) is 2.09. The van der Waals surface area contributed by atoms with Crippen LogP contribution < -0.4 is 5.73 Å². The fraction of sp³-hybridized carbons (Fsp3) is 0.500. The Morgan fingerprint density at radius 3 is 2.77 bits per heavy atom. The summed E-state index contributed by atoms with van der Waals surface area (Å²) in [6.07, 6.45) is 1.68. The first-order chi connectivity index (χ1) is 6.15. The van der Waals surface area contributed by atoms with Gasteiger partial charge in [-0.2, -0.15) is 0 Å². The summed E-state index contributed by atoms with van der Waals surface area (Å²) in [5.74, 6) is 0.362. The number of pyridine rings is 1. The van der Waals surface area contributed by atoms with Crippen LogP contribution in [-0.2, 0) is 6.61 Å². The second-order valence-corrected chi connectivity index (χ2v) is 3.52. The van der Waals surface area contributed by atoms with E-state index in [4.69, 9.17) is 10.8 Å². The van der Waals surface area contributed by atoms with Crippen LogP contribution in [-0.4, -0.2) is 10.1 Å². The van der Waals surface area contributed by atoms with Gasteiger partial charge in [-0.25, -0.2) is 0 Å². The third-order valence-electron chi connectivity index (χ3n) is 2.09. The highest BCUT2D eigenvalue weighted by Crippen LogP contribution is 2.17. The maximum Gasteiger partial charge on any atom is 0.0683 e. The normalized spacial score (nSPS) is 13.3. The van der Waals surface area contributed by atoms with Crippen LogP contribution in [0.15, 0.2) is 18.3 Å². The van der Waals surface area contributed by atoms with Gasteiger partial charge in [0, 0.05) is 12.2 Å². The van der Waals surface area contributed by atoms with E-state index in [1.165, 1.54) is 0 Å². The van der Waals surface area contributed by atoms with Gasteiger partial charge in [0.05, 0.1) is 12.3 Å². The molecule has 1 aromatic rings. The molecule has 3 N–H and O–H groups in total. The van der Waals surface area contributed by atoms with Gasteiger partial charge in [-0.05, 0) is 23.6 Å². The van der Waals surface area contributed by atoms with Crippen molar-refractivity contribution >= 4 is 0 Å². The topological polar surface area (TPSA) is 59.1 Å². The van der Waals surface area contributed by atoms with Gasteiger partial charge in [0.25, 0.3) is 0 Å². The molecule has 0 aliphatic carbocycles. The van der Waals surface area contributed by atoms with Crippen LogP contribution in [0.2, 0.25) is 0 Å². The Morgan fingerprint density at radius 2 is 2.23 bits per heavy atom. The summed E-state index contributed by atoms with van der Waals surface area (Å²) in [4.78, 5) is 4.17. The third kappa shape index (κ3) is 2.50. The molecule has 1 unspecified atom stereocenters. The first-order valence-electron chi connectivity index (χ1n) is 4.46. The number of hydrogen-bond acceptors (Lipinski definition) is 3. The first kappa shape index (κ1) is 10.2. The van der Waals surface area contributed by atoms with Crippen LogP contribution in [0.4, 0.5) is 0 Å². The lowest BCUT2D eigenvalue weighted by atomic mass is 10.0. The summed E-state index contributed by atoms with van der Waals surface area (Å²) in [6.45, 7) is 4.15. The number of rotatable bonds is 3. The van der Waals surface area contributed by atoms with Gasteiger partial charge in [0.1, 0.15) is 0 Å². The molecule has 0 saturated heterocycles. The molecule has 0 radical (unpaired) electrons. The maximum absolute atomic E-state index is 8.91. The van der Waals surface area contributed by atoms with Crippen molar-refractivity contribution in [2.24, 2.45) is 11.7 Å². The summed E-state index contributed by atoms with van der Waals surface area (Å²) in [5, 5.41) is 8.91. The molecule has 0 aliphatic rings. The van der Waals surface area contributed by atoms with Gasteiger partial charge in [0.2, 0.25) is 0 Å². The zero-order chi connectivity index (χ0) is 9.84. The second kappa shape index (κ2) is 4.35. The Balaban J connectivity index is 2.88. The number of aliphatic hydroxyl groups is 1. The maximum atomic E-state index is 8.91. The predicted octanol–water partition coefficient (Wildman–Crippen LogP) is 1.23. The minimum Gasteiger partial charge on any atom is -0.392 e. The largest absolute Gasteiger partial charge is 0.392 e. The molecule has 3 heteroatoms. The number of nitrogens with zero attached hydrogens (tertiary/aromatic N) is 1. The van der Waals surface area contributed by atoms with E-state index in [1.54, 1.807) is 12.3 Å². The quantitative estimate of drug-likeness (QED) is 0.735. The minimum atomic E-state index is -0.0495. The van der Waals surface area contributed by atoms with E-state index in [-0.39, 0.29) is 12.6 Å². The Morgan fingerprint density at radius 1 is 1.54 bits per heavy atom. The zero-order valence-corrected chi connectivity index (χ0v) is 8.07. The summed E-state index contributed by atoms with van der Waals surface area (Å²) in [6, 6.07) is 3.59. The van der Waals surface area contributed by atoms with Crippen LogP contribution >= 0.6 is 0 Å². The van der Waals surface area contributed by atoms with Crippen molar-refractivity contribution in [2.45, 2.75) is 26.5 Å². The fourth-order valence-corrected chi connectivity index (χ4v) is 1.12. The lowest BCUT2D eigenvalue weighted by molar-refractivity contribution is 0.281. The predicted molar refractivity (Wildman–Crippen MR) is 51.9 cm³/mol. The average Bonchev–Trinajstić information content (AvgIpc) is 2.16. The van der Waals surface area contributed by atoms with E-state index in [1.807, 2.05) is 6.07 Å². The van der Waals surface area contributed by atoms with Crippen LogP contribution in [0, 0.1) is 5.92 Å². The lowest BCUT2D eigenvalue weighted by Gasteiger charge is -2.15. The molecule has 1 rings (SSSR count). The van der Waals surface area contributed by atoms with E-state index in [0.717, 1.165) is 11.3 Å². The fourth-order valence-electron chi connectivity index (χ4n) is 1.12. The van der Waals surface area contributed by atoms with Gasteiger partial charge in [-0.15, -0.1) is 0 Å². The highest BCUT2D eigenvalue weighted by molar-refractivity contribution is 5.18. The van der Waals surface area contributed by atoms with Crippen molar-refractivity contribution in [1.29, 1.82) is 0 Å². The Bertz CT molecular complexity index is 273. The van der Waals surface area contributed by atoms with Crippen molar-refractivity contribution in [3.05, 3.63) is 29.6 Å². The van der Waals surface area contributed by atoms with Crippen LogP contribution in [0.3, 0.4) is 0 Å². The van der Waals surface area contributed by atoms with E-state index in [9.17, 15) is 0 Å². The highest BCUT2D eigenvalue weighted by Gasteiger charge is 2.11. The molecule has 0 bridgehead atoms. The van der Waals surface area contributed by atoms with Crippen molar-refractivity contribution in [3.8, 4) is 0 Å².